The van der Waals surface area contributed by atoms with Crippen LogP contribution in [0.2, 0.25) is 0 Å². The van der Waals surface area contributed by atoms with Gasteiger partial charge in [-0.1, -0.05) is 62.4 Å². The second-order valence-corrected chi connectivity index (χ2v) is 11.2. The monoisotopic (exact) mass is 600 g/mol. The SMILES string of the molecule is CC(C)COc1ccccc1N(CCCNCCc1ccccc1)C(=O)c1ccc2c(c1)CCCC2.O=C(O)/C=C/C(=O)O. The lowest BCUT2D eigenvalue weighted by Gasteiger charge is -2.26. The highest BCUT2D eigenvalue weighted by atomic mass is 16.5. The number of amides is 1. The molecule has 3 aromatic rings. The number of ether oxygens (including phenoxy) is 1. The van der Waals surface area contributed by atoms with E-state index in [0.717, 1.165) is 55.8 Å². The van der Waals surface area contributed by atoms with E-state index >= 15 is 0 Å². The van der Waals surface area contributed by atoms with E-state index in [0.29, 0.717) is 31.2 Å². The van der Waals surface area contributed by atoms with Gasteiger partial charge in [-0.15, -0.1) is 0 Å². The van der Waals surface area contributed by atoms with Gasteiger partial charge >= 0.3 is 11.9 Å². The molecule has 0 spiro atoms. The minimum Gasteiger partial charge on any atom is -0.491 e. The highest BCUT2D eigenvalue weighted by Gasteiger charge is 2.22. The van der Waals surface area contributed by atoms with Gasteiger partial charge in [0, 0.05) is 24.3 Å². The van der Waals surface area contributed by atoms with Crippen LogP contribution in [0, 0.1) is 5.92 Å². The van der Waals surface area contributed by atoms with Crippen LogP contribution in [0.4, 0.5) is 5.69 Å². The number of carbonyl (C=O) groups is 3. The highest BCUT2D eigenvalue weighted by Crippen LogP contribution is 2.31. The molecule has 1 aliphatic rings. The lowest BCUT2D eigenvalue weighted by atomic mass is 9.90. The summed E-state index contributed by atoms with van der Waals surface area (Å²) >= 11 is 0. The number of fused-ring (bicyclic) bond motifs is 1. The molecule has 0 unspecified atom stereocenters. The van der Waals surface area contributed by atoms with Crippen LogP contribution in [-0.2, 0) is 28.9 Å². The average Bonchev–Trinajstić information content (AvgIpc) is 3.03. The number of nitrogens with zero attached hydrogens (tertiary/aromatic N) is 1. The molecular weight excluding hydrogens is 556 g/mol. The first kappa shape index (κ1) is 34.1. The van der Waals surface area contributed by atoms with Crippen molar-refractivity contribution in [1.29, 1.82) is 0 Å². The van der Waals surface area contributed by atoms with E-state index in [2.05, 4.69) is 55.6 Å². The molecule has 0 heterocycles. The third kappa shape index (κ3) is 11.7. The molecule has 0 atom stereocenters. The quantitative estimate of drug-likeness (QED) is 0.149. The zero-order valence-electron chi connectivity index (χ0n) is 25.7. The predicted octanol–water partition coefficient (Wildman–Crippen LogP) is 6.18. The zero-order valence-corrected chi connectivity index (χ0v) is 25.7. The smallest absolute Gasteiger partial charge is 0.328 e. The van der Waals surface area contributed by atoms with Crippen LogP contribution in [0.1, 0.15) is 60.2 Å². The summed E-state index contributed by atoms with van der Waals surface area (Å²) in [7, 11) is 0. The first-order chi connectivity index (χ1) is 21.2. The first-order valence-corrected chi connectivity index (χ1v) is 15.3. The Morgan fingerprint density at radius 3 is 2.20 bits per heavy atom. The summed E-state index contributed by atoms with van der Waals surface area (Å²) in [5.74, 6) is -1.28. The lowest BCUT2D eigenvalue weighted by molar-refractivity contribution is -0.134. The number of carbonyl (C=O) groups excluding carboxylic acids is 1. The lowest BCUT2D eigenvalue weighted by Crippen LogP contribution is -2.34. The van der Waals surface area contributed by atoms with Crippen molar-refractivity contribution in [2.24, 2.45) is 5.92 Å². The van der Waals surface area contributed by atoms with Crippen molar-refractivity contribution in [2.75, 3.05) is 31.1 Å². The van der Waals surface area contributed by atoms with E-state index in [4.69, 9.17) is 14.9 Å². The molecule has 4 rings (SSSR count). The van der Waals surface area contributed by atoms with Crippen molar-refractivity contribution in [3.05, 3.63) is 107 Å². The third-order valence-electron chi connectivity index (χ3n) is 7.11. The fourth-order valence-corrected chi connectivity index (χ4v) is 4.92. The fraction of sp³-hybridized carbons (Fsp3) is 0.361. The Morgan fingerprint density at radius 1 is 0.864 bits per heavy atom. The van der Waals surface area contributed by atoms with Gasteiger partial charge in [0.15, 0.2) is 0 Å². The summed E-state index contributed by atoms with van der Waals surface area (Å²) in [5, 5.41) is 19.2. The van der Waals surface area contributed by atoms with Gasteiger partial charge in [0.05, 0.1) is 12.3 Å². The van der Waals surface area contributed by atoms with E-state index in [-0.39, 0.29) is 5.91 Å². The zero-order chi connectivity index (χ0) is 31.7. The van der Waals surface area contributed by atoms with E-state index in [1.54, 1.807) is 0 Å². The topological polar surface area (TPSA) is 116 Å². The van der Waals surface area contributed by atoms with E-state index in [9.17, 15) is 14.4 Å². The Kier molecular flexibility index (Phi) is 14.2. The number of carboxylic acid groups (broad SMARTS) is 2. The van der Waals surface area contributed by atoms with Crippen molar-refractivity contribution in [3.8, 4) is 5.75 Å². The molecule has 0 saturated heterocycles. The van der Waals surface area contributed by atoms with Gasteiger partial charge in [-0.05, 0) is 98.5 Å². The molecule has 44 heavy (non-hydrogen) atoms. The molecule has 234 valence electrons. The second kappa shape index (κ2) is 18.3. The second-order valence-electron chi connectivity index (χ2n) is 11.2. The molecule has 0 aromatic heterocycles. The van der Waals surface area contributed by atoms with Gasteiger partial charge in [0.1, 0.15) is 5.75 Å². The number of aliphatic carboxylic acids is 2. The Balaban J connectivity index is 0.000000583. The van der Waals surface area contributed by atoms with Gasteiger partial charge in [-0.2, -0.15) is 0 Å². The number of carboxylic acids is 2. The third-order valence-corrected chi connectivity index (χ3v) is 7.11. The molecule has 8 heteroatoms. The average molecular weight is 601 g/mol. The number of aryl methyl sites for hydroxylation is 2. The normalized spacial score (nSPS) is 12.2. The van der Waals surface area contributed by atoms with Crippen molar-refractivity contribution in [3.63, 3.8) is 0 Å². The standard InChI is InChI=1S/C32H40N2O2.C4H4O4/c1-25(2)24-36-31-16-9-8-15-30(31)34(22-10-20-33-21-19-26-11-4-3-5-12-26)32(35)29-18-17-27-13-6-7-14-28(27)23-29;5-3(6)1-2-4(7)8/h3-5,8-9,11-12,15-18,23,25,33H,6-7,10,13-14,19-22,24H2,1-2H3;1-2H,(H,5,6)(H,7,8)/b;2-1+. The number of nitrogens with one attached hydrogen (secondary N) is 1. The van der Waals surface area contributed by atoms with Gasteiger partial charge in [-0.25, -0.2) is 9.59 Å². The molecule has 1 aliphatic carbocycles. The number of rotatable bonds is 14. The summed E-state index contributed by atoms with van der Waals surface area (Å²) in [6.45, 7) is 7.32. The van der Waals surface area contributed by atoms with Crippen molar-refractivity contribution < 1.29 is 29.3 Å². The van der Waals surface area contributed by atoms with E-state index in [1.807, 2.05) is 41.3 Å². The van der Waals surface area contributed by atoms with Gasteiger partial charge in [0.25, 0.3) is 5.91 Å². The van der Waals surface area contributed by atoms with Crippen LogP contribution >= 0.6 is 0 Å². The molecule has 0 radical (unpaired) electrons. The molecule has 0 fully saturated rings. The molecule has 3 N–H and O–H groups in total. The van der Waals surface area contributed by atoms with Crippen LogP contribution in [-0.4, -0.2) is 54.3 Å². The van der Waals surface area contributed by atoms with Crippen molar-refractivity contribution in [1.82, 2.24) is 5.32 Å². The number of anilines is 1. The Morgan fingerprint density at radius 2 is 1.52 bits per heavy atom. The summed E-state index contributed by atoms with van der Waals surface area (Å²) in [6, 6.07) is 24.8. The number of benzene rings is 3. The highest BCUT2D eigenvalue weighted by molar-refractivity contribution is 6.07. The molecule has 0 bridgehead atoms. The summed E-state index contributed by atoms with van der Waals surface area (Å²) in [5.41, 5.74) is 5.69. The first-order valence-electron chi connectivity index (χ1n) is 15.3. The maximum Gasteiger partial charge on any atom is 0.328 e. The minimum atomic E-state index is -1.26. The van der Waals surface area contributed by atoms with Crippen LogP contribution < -0.4 is 15.0 Å². The van der Waals surface area contributed by atoms with Crippen LogP contribution in [0.15, 0.2) is 84.9 Å². The number of hydrogen-bond donors (Lipinski definition) is 3. The van der Waals surface area contributed by atoms with Crippen molar-refractivity contribution >= 4 is 23.5 Å². The van der Waals surface area contributed by atoms with Crippen molar-refractivity contribution in [2.45, 2.75) is 52.4 Å². The molecule has 1 amide bonds. The van der Waals surface area contributed by atoms with Crippen LogP contribution in [0.3, 0.4) is 0 Å². The summed E-state index contributed by atoms with van der Waals surface area (Å²) in [6.07, 6.45) is 7.61. The van der Waals surface area contributed by atoms with E-state index < -0.39 is 11.9 Å². The number of hydrogen-bond acceptors (Lipinski definition) is 5. The molecule has 3 aromatic carbocycles. The van der Waals surface area contributed by atoms with Crippen LogP contribution in [0.5, 0.6) is 5.75 Å². The predicted molar refractivity (Wildman–Crippen MR) is 174 cm³/mol. The summed E-state index contributed by atoms with van der Waals surface area (Å²) in [4.78, 5) is 34.9. The van der Waals surface area contributed by atoms with Gasteiger partial charge < -0.3 is 25.2 Å². The maximum atomic E-state index is 13.9. The Bertz CT molecular complexity index is 1370. The molecule has 0 aliphatic heterocycles. The largest absolute Gasteiger partial charge is 0.491 e. The molecular formula is C36H44N2O6. The Labute approximate surface area is 260 Å². The fourth-order valence-electron chi connectivity index (χ4n) is 4.92. The van der Waals surface area contributed by atoms with Gasteiger partial charge in [0.2, 0.25) is 0 Å². The minimum absolute atomic E-state index is 0.0493. The summed E-state index contributed by atoms with van der Waals surface area (Å²) < 4.78 is 6.14. The molecule has 0 saturated carbocycles. The van der Waals surface area contributed by atoms with Gasteiger partial charge in [-0.3, -0.25) is 4.79 Å². The molecule has 8 nitrogen and oxygen atoms in total. The van der Waals surface area contributed by atoms with E-state index in [1.165, 1.54) is 29.5 Å². The van der Waals surface area contributed by atoms with Crippen LogP contribution in [0.25, 0.3) is 0 Å². The number of para-hydroxylation sites is 2. The maximum absolute atomic E-state index is 13.9. The Hall–Kier alpha value is -4.43.